The molecule has 2 aliphatic rings. The van der Waals surface area contributed by atoms with Crippen LogP contribution in [0, 0.1) is 5.92 Å². The number of rotatable bonds is 5. The summed E-state index contributed by atoms with van der Waals surface area (Å²) in [6.45, 7) is -0.629. The van der Waals surface area contributed by atoms with E-state index in [4.69, 9.17) is 23.2 Å². The van der Waals surface area contributed by atoms with Crippen LogP contribution in [0.15, 0.2) is 81.0 Å². The maximum Gasteiger partial charge on any atom is 0.418 e. The lowest BCUT2D eigenvalue weighted by molar-refractivity contribution is -0.137. The van der Waals surface area contributed by atoms with Crippen LogP contribution in [0.1, 0.15) is 21.9 Å². The second-order valence-electron chi connectivity index (χ2n) is 9.89. The number of nitrogens with zero attached hydrogens (tertiary/aromatic N) is 2. The van der Waals surface area contributed by atoms with Gasteiger partial charge in [-0.1, -0.05) is 86.5 Å². The first-order valence-electron chi connectivity index (χ1n) is 12.8. The molecule has 1 fully saturated rings. The second kappa shape index (κ2) is 11.7. The van der Waals surface area contributed by atoms with Gasteiger partial charge in [0.2, 0.25) is 17.7 Å². The minimum absolute atomic E-state index is 0.145. The largest absolute Gasteiger partial charge is 0.418 e. The van der Waals surface area contributed by atoms with E-state index in [1.54, 1.807) is 42.5 Å². The number of thiazole rings is 1. The van der Waals surface area contributed by atoms with Crippen molar-refractivity contribution in [2.75, 3.05) is 10.2 Å². The minimum Gasteiger partial charge on any atom is -0.324 e. The molecule has 2 unspecified atom stereocenters. The predicted octanol–water partition coefficient (Wildman–Crippen LogP) is 7.43. The summed E-state index contributed by atoms with van der Waals surface area (Å²) >= 11 is 18.0. The van der Waals surface area contributed by atoms with E-state index in [0.717, 1.165) is 49.2 Å². The smallest absolute Gasteiger partial charge is 0.324 e. The van der Waals surface area contributed by atoms with E-state index in [9.17, 15) is 32.3 Å². The van der Waals surface area contributed by atoms with Gasteiger partial charge in [0, 0.05) is 15.3 Å². The van der Waals surface area contributed by atoms with Gasteiger partial charge in [-0.25, -0.2) is 4.90 Å². The van der Waals surface area contributed by atoms with E-state index in [2.05, 4.69) is 21.2 Å². The Bertz CT molecular complexity index is 1900. The van der Waals surface area contributed by atoms with Crippen molar-refractivity contribution in [1.29, 1.82) is 0 Å². The van der Waals surface area contributed by atoms with Crippen LogP contribution < -0.4 is 15.1 Å². The molecule has 1 N–H and O–H groups in total. The van der Waals surface area contributed by atoms with E-state index in [-0.39, 0.29) is 15.1 Å². The van der Waals surface area contributed by atoms with E-state index in [0.29, 0.717) is 16.1 Å². The molecule has 2 aliphatic heterocycles. The van der Waals surface area contributed by atoms with Crippen molar-refractivity contribution < 1.29 is 27.6 Å². The Morgan fingerprint density at radius 1 is 0.955 bits per heavy atom. The highest BCUT2D eigenvalue weighted by atomic mass is 79.9. The molecule has 3 aromatic carbocycles. The molecule has 0 bridgehead atoms. The van der Waals surface area contributed by atoms with Crippen LogP contribution in [0.5, 0.6) is 0 Å². The maximum atomic E-state index is 14.0. The second-order valence-corrected chi connectivity index (χ2v) is 13.7. The highest BCUT2D eigenvalue weighted by Gasteiger charge is 2.57. The molecule has 4 aromatic rings. The number of nitrogens with one attached hydrogen (secondary N) is 1. The number of alkyl halides is 3. The van der Waals surface area contributed by atoms with E-state index < -0.39 is 63.7 Å². The average Bonchev–Trinajstić information content (AvgIpc) is 3.41. The highest BCUT2D eigenvalue weighted by Crippen LogP contribution is 2.55. The number of carbonyl (C=O) groups excluding carboxylic acids is 3. The van der Waals surface area contributed by atoms with Crippen LogP contribution in [0.2, 0.25) is 10.0 Å². The van der Waals surface area contributed by atoms with Gasteiger partial charge in [0.1, 0.15) is 11.8 Å². The number of hydrogen-bond acceptors (Lipinski definition) is 6. The predicted molar refractivity (Wildman–Crippen MR) is 167 cm³/mol. The molecular formula is C29H17BrCl2F3N3O4S2. The van der Waals surface area contributed by atoms with Crippen molar-refractivity contribution in [3.05, 3.63) is 107 Å². The van der Waals surface area contributed by atoms with Gasteiger partial charge >= 0.3 is 11.0 Å². The molecular weight excluding hydrogens is 726 g/mol. The summed E-state index contributed by atoms with van der Waals surface area (Å²) in [4.78, 5) is 55.1. The first-order valence-corrected chi connectivity index (χ1v) is 16.0. The van der Waals surface area contributed by atoms with Gasteiger partial charge in [-0.05, 0) is 48.0 Å². The zero-order valence-electron chi connectivity index (χ0n) is 21.9. The first-order chi connectivity index (χ1) is 20.9. The number of anilines is 2. The lowest BCUT2D eigenvalue weighted by atomic mass is 9.83. The summed E-state index contributed by atoms with van der Waals surface area (Å²) in [5, 5.41) is 1.86. The van der Waals surface area contributed by atoms with Gasteiger partial charge in [-0.15, -0.1) is 0 Å². The molecule has 15 heteroatoms. The number of halogens is 6. The fourth-order valence-corrected chi connectivity index (χ4v) is 8.82. The van der Waals surface area contributed by atoms with Crippen molar-refractivity contribution in [3.8, 4) is 0 Å². The van der Waals surface area contributed by atoms with Gasteiger partial charge in [0.25, 0.3) is 0 Å². The Kier molecular flexibility index (Phi) is 8.20. The molecule has 1 aromatic heterocycles. The van der Waals surface area contributed by atoms with Crippen molar-refractivity contribution in [1.82, 2.24) is 4.57 Å². The number of aromatic nitrogens is 1. The number of carbonyl (C=O) groups is 3. The topological polar surface area (TPSA) is 88.5 Å². The lowest BCUT2D eigenvalue weighted by Crippen LogP contribution is -2.33. The number of hydrogen-bond donors (Lipinski definition) is 1. The third-order valence-electron chi connectivity index (χ3n) is 7.26. The molecule has 3 heterocycles. The first kappa shape index (κ1) is 30.9. The molecule has 3 amide bonds. The fraction of sp³-hybridized carbons (Fsp3) is 0.172. The van der Waals surface area contributed by atoms with Crippen LogP contribution in [0.25, 0.3) is 0 Å². The fourth-order valence-electron chi connectivity index (χ4n) is 5.37. The third-order valence-corrected chi connectivity index (χ3v) is 11.2. The summed E-state index contributed by atoms with van der Waals surface area (Å²) < 4.78 is 42.4. The van der Waals surface area contributed by atoms with Gasteiger partial charge < -0.3 is 5.32 Å². The Hall–Kier alpha value is -3.10. The van der Waals surface area contributed by atoms with Crippen LogP contribution in [-0.2, 0) is 27.1 Å². The Morgan fingerprint density at radius 2 is 1.66 bits per heavy atom. The summed E-state index contributed by atoms with van der Waals surface area (Å²) in [7, 11) is 0. The van der Waals surface area contributed by atoms with Crippen LogP contribution in [0.3, 0.4) is 0 Å². The average molecular weight is 743 g/mol. The summed E-state index contributed by atoms with van der Waals surface area (Å²) in [5.41, 5.74) is -0.715. The molecule has 1 saturated heterocycles. The number of imide groups is 1. The van der Waals surface area contributed by atoms with Crippen molar-refractivity contribution >= 4 is 91.3 Å². The van der Waals surface area contributed by atoms with Crippen molar-refractivity contribution in [3.63, 3.8) is 0 Å². The third kappa shape index (κ3) is 5.38. The summed E-state index contributed by atoms with van der Waals surface area (Å²) in [6, 6.07) is 16.0. The molecule has 3 atom stereocenters. The van der Waals surface area contributed by atoms with E-state index in [1.807, 2.05) is 0 Å². The molecule has 0 aliphatic carbocycles. The molecule has 6 rings (SSSR count). The molecule has 44 heavy (non-hydrogen) atoms. The van der Waals surface area contributed by atoms with Crippen molar-refractivity contribution in [2.45, 2.75) is 28.9 Å². The molecule has 0 saturated carbocycles. The molecule has 226 valence electrons. The van der Waals surface area contributed by atoms with Crippen LogP contribution in [0.4, 0.5) is 24.5 Å². The minimum atomic E-state index is -4.72. The monoisotopic (exact) mass is 741 g/mol. The van der Waals surface area contributed by atoms with E-state index >= 15 is 0 Å². The van der Waals surface area contributed by atoms with Crippen LogP contribution >= 0.6 is 62.2 Å². The molecule has 0 spiro atoms. The molecule has 0 radical (unpaired) electrons. The number of fused-ring (bicyclic) bond motifs is 2. The van der Waals surface area contributed by atoms with Gasteiger partial charge in [0.05, 0.1) is 37.9 Å². The van der Waals surface area contributed by atoms with E-state index in [1.165, 1.54) is 12.1 Å². The molecule has 7 nitrogen and oxygen atoms in total. The quantitative estimate of drug-likeness (QED) is 0.215. The summed E-state index contributed by atoms with van der Waals surface area (Å²) in [6.07, 6.45) is -4.72. The van der Waals surface area contributed by atoms with Gasteiger partial charge in [-0.2, -0.15) is 13.2 Å². The number of thioether (sulfide) groups is 1. The normalized spacial score (nSPS) is 19.6. The van der Waals surface area contributed by atoms with Crippen LogP contribution in [-0.4, -0.2) is 27.5 Å². The van der Waals surface area contributed by atoms with Gasteiger partial charge in [-0.3, -0.25) is 23.7 Å². The number of benzene rings is 3. The Morgan fingerprint density at radius 3 is 2.36 bits per heavy atom. The lowest BCUT2D eigenvalue weighted by Gasteiger charge is -2.31. The zero-order valence-corrected chi connectivity index (χ0v) is 26.6. The Labute approximate surface area is 274 Å². The zero-order chi connectivity index (χ0) is 31.5. The SMILES string of the molecule is O=C(Cn1c2c(sc1=O)[C@H](c1cccc(Cl)c1Cl)C1C(=O)N(c3ccc(Br)cc3)C(=O)C1S2)Nc1ccccc1C(F)(F)F. The number of amides is 3. The van der Waals surface area contributed by atoms with Gasteiger partial charge in [0.15, 0.2) is 0 Å². The number of para-hydroxylation sites is 1. The summed E-state index contributed by atoms with van der Waals surface area (Å²) in [5.74, 6) is -3.72. The standard InChI is InChI=1S/C29H17BrCl2F3N3O4S2/c30-13-8-10-14(11-9-13)38-25(40)21-20(15-4-3-6-17(31)22(15)32)24-27(43-23(21)26(38)41)37(28(42)44-24)12-19(39)36-18-7-2-1-5-16(18)29(33,34)35/h1-11,20-21,23H,12H2,(H,36,39)/t20-,21?,23?/m1/s1. The van der Waals surface area contributed by atoms with Crippen molar-refractivity contribution in [2.24, 2.45) is 5.92 Å². The maximum absolute atomic E-state index is 14.0. The highest BCUT2D eigenvalue weighted by molar-refractivity contribution is 9.10. The Balaban J connectivity index is 1.42.